The first-order valence-electron chi connectivity index (χ1n) is 6.23. The van der Waals surface area contributed by atoms with E-state index in [-0.39, 0.29) is 10.3 Å². The molecule has 0 atom stereocenters. The van der Waals surface area contributed by atoms with E-state index in [0.29, 0.717) is 12.6 Å². The predicted molar refractivity (Wildman–Crippen MR) is 70.2 cm³/mol. The Kier molecular flexibility index (Phi) is 3.79. The molecule has 0 amide bonds. The van der Waals surface area contributed by atoms with Crippen LogP contribution in [0.15, 0.2) is 23.1 Å². The van der Waals surface area contributed by atoms with Crippen LogP contribution in [0.3, 0.4) is 0 Å². The molecular formula is C12H15FN2O4S. The molecule has 110 valence electrons. The summed E-state index contributed by atoms with van der Waals surface area (Å²) in [7, 11) is -3.84. The van der Waals surface area contributed by atoms with E-state index in [1.165, 1.54) is 0 Å². The van der Waals surface area contributed by atoms with Gasteiger partial charge in [-0.05, 0) is 30.7 Å². The molecule has 1 aliphatic carbocycles. The third-order valence-electron chi connectivity index (χ3n) is 3.77. The molecule has 1 aromatic carbocycles. The summed E-state index contributed by atoms with van der Waals surface area (Å²) in [5, 5.41) is 10.5. The molecule has 0 unspecified atom stereocenters. The molecule has 0 radical (unpaired) electrons. The van der Waals surface area contributed by atoms with Crippen LogP contribution in [0.2, 0.25) is 0 Å². The maximum Gasteiger partial charge on any atom is 0.304 e. The quantitative estimate of drug-likeness (QED) is 0.644. The molecular weight excluding hydrogens is 287 g/mol. The van der Waals surface area contributed by atoms with Crippen LogP contribution in [0, 0.1) is 21.3 Å². The number of rotatable bonds is 6. The summed E-state index contributed by atoms with van der Waals surface area (Å²) in [5.41, 5.74) is -0.719. The third-order valence-corrected chi connectivity index (χ3v) is 5.17. The highest BCUT2D eigenvalue weighted by molar-refractivity contribution is 7.89. The second-order valence-electron chi connectivity index (χ2n) is 5.05. The molecule has 1 fully saturated rings. The number of hydrogen-bond donors (Lipinski definition) is 1. The Morgan fingerprint density at radius 3 is 2.55 bits per heavy atom. The summed E-state index contributed by atoms with van der Waals surface area (Å²) < 4.78 is 39.9. The lowest BCUT2D eigenvalue weighted by atomic mass is 10.1. The van der Waals surface area contributed by atoms with Gasteiger partial charge in [0.05, 0.1) is 9.82 Å². The molecule has 20 heavy (non-hydrogen) atoms. The molecule has 1 aliphatic rings. The second kappa shape index (κ2) is 5.10. The molecule has 0 saturated heterocycles. The van der Waals surface area contributed by atoms with E-state index in [2.05, 4.69) is 4.72 Å². The average molecular weight is 302 g/mol. The van der Waals surface area contributed by atoms with Crippen molar-refractivity contribution >= 4 is 15.7 Å². The maximum atomic E-state index is 13.5. The topological polar surface area (TPSA) is 89.3 Å². The Balaban J connectivity index is 2.17. The van der Waals surface area contributed by atoms with Gasteiger partial charge in [-0.15, -0.1) is 0 Å². The Bertz CT molecular complexity index is 641. The Hall–Kier alpha value is -1.54. The van der Waals surface area contributed by atoms with Crippen molar-refractivity contribution in [2.75, 3.05) is 6.54 Å². The Morgan fingerprint density at radius 2 is 2.10 bits per heavy atom. The molecule has 1 N–H and O–H groups in total. The summed E-state index contributed by atoms with van der Waals surface area (Å²) in [4.78, 5) is 9.30. The fraction of sp³-hybridized carbons (Fsp3) is 0.500. The van der Waals surface area contributed by atoms with Crippen LogP contribution in [0.4, 0.5) is 10.1 Å². The summed E-state index contributed by atoms with van der Waals surface area (Å²) in [5.74, 6) is -1.16. The Morgan fingerprint density at radius 1 is 1.45 bits per heavy atom. The van der Waals surface area contributed by atoms with Gasteiger partial charge in [0.1, 0.15) is 0 Å². The zero-order chi connectivity index (χ0) is 15.0. The largest absolute Gasteiger partial charge is 0.304 e. The minimum Gasteiger partial charge on any atom is -0.258 e. The lowest BCUT2D eigenvalue weighted by Gasteiger charge is -2.13. The fourth-order valence-corrected chi connectivity index (χ4v) is 3.14. The molecule has 6 nitrogen and oxygen atoms in total. The van der Waals surface area contributed by atoms with Crippen molar-refractivity contribution in [2.45, 2.75) is 31.1 Å². The van der Waals surface area contributed by atoms with Crippen molar-refractivity contribution in [3.05, 3.63) is 34.1 Å². The van der Waals surface area contributed by atoms with Crippen molar-refractivity contribution in [3.63, 3.8) is 0 Å². The lowest BCUT2D eigenvalue weighted by Crippen LogP contribution is -2.30. The zero-order valence-electron chi connectivity index (χ0n) is 10.9. The van der Waals surface area contributed by atoms with Gasteiger partial charge in [-0.2, -0.15) is 4.39 Å². The van der Waals surface area contributed by atoms with Crippen molar-refractivity contribution in [1.82, 2.24) is 4.72 Å². The van der Waals surface area contributed by atoms with E-state index in [4.69, 9.17) is 0 Å². The lowest BCUT2D eigenvalue weighted by molar-refractivity contribution is -0.387. The van der Waals surface area contributed by atoms with E-state index in [9.17, 15) is 22.9 Å². The fourth-order valence-electron chi connectivity index (χ4n) is 1.97. The van der Waals surface area contributed by atoms with Gasteiger partial charge in [0.25, 0.3) is 0 Å². The van der Waals surface area contributed by atoms with Gasteiger partial charge in [0.15, 0.2) is 0 Å². The summed E-state index contributed by atoms with van der Waals surface area (Å²) in [6.07, 6.45) is 2.82. The van der Waals surface area contributed by atoms with Crippen molar-refractivity contribution in [3.8, 4) is 0 Å². The van der Waals surface area contributed by atoms with Crippen LogP contribution >= 0.6 is 0 Å². The minimum absolute atomic E-state index is 0.0202. The van der Waals surface area contributed by atoms with E-state index in [1.54, 1.807) is 0 Å². The minimum atomic E-state index is -3.84. The number of nitrogens with zero attached hydrogens (tertiary/aromatic N) is 1. The van der Waals surface area contributed by atoms with Crippen molar-refractivity contribution < 1.29 is 17.7 Å². The van der Waals surface area contributed by atoms with Crippen LogP contribution in [-0.4, -0.2) is 19.9 Å². The van der Waals surface area contributed by atoms with E-state index < -0.39 is 26.5 Å². The number of nitro groups is 1. The number of hydrogen-bond acceptors (Lipinski definition) is 4. The van der Waals surface area contributed by atoms with E-state index >= 15 is 0 Å². The van der Waals surface area contributed by atoms with Gasteiger partial charge in [0.2, 0.25) is 15.8 Å². The first-order valence-corrected chi connectivity index (χ1v) is 7.72. The normalized spacial score (nSPS) is 16.9. The molecule has 0 heterocycles. The number of sulfonamides is 1. The van der Waals surface area contributed by atoms with Gasteiger partial charge in [-0.25, -0.2) is 13.1 Å². The Labute approximate surface area is 116 Å². The molecule has 0 spiro atoms. The van der Waals surface area contributed by atoms with Crippen LogP contribution in [-0.2, 0) is 10.0 Å². The predicted octanol–water partition coefficient (Wildman–Crippen LogP) is 2.20. The molecule has 0 aromatic heterocycles. The monoisotopic (exact) mass is 302 g/mol. The van der Waals surface area contributed by atoms with Gasteiger partial charge < -0.3 is 0 Å². The summed E-state index contributed by atoms with van der Waals surface area (Å²) in [6, 6.07) is 2.57. The number of benzene rings is 1. The van der Waals surface area contributed by atoms with Crippen LogP contribution in [0.25, 0.3) is 0 Å². The first-order chi connectivity index (χ1) is 9.30. The van der Waals surface area contributed by atoms with Gasteiger partial charge in [-0.1, -0.05) is 6.92 Å². The maximum absolute atomic E-state index is 13.5. The van der Waals surface area contributed by atoms with Crippen molar-refractivity contribution in [2.24, 2.45) is 5.41 Å². The molecule has 8 heteroatoms. The van der Waals surface area contributed by atoms with Crippen molar-refractivity contribution in [1.29, 1.82) is 0 Å². The van der Waals surface area contributed by atoms with Crippen LogP contribution in [0.1, 0.15) is 26.2 Å². The zero-order valence-corrected chi connectivity index (χ0v) is 11.7. The van der Waals surface area contributed by atoms with Crippen LogP contribution < -0.4 is 4.72 Å². The van der Waals surface area contributed by atoms with E-state index in [1.807, 2.05) is 6.92 Å². The SMILES string of the molecule is CCC1(CNS(=O)(=O)c2ccc([N+](=O)[O-])c(F)c2)CC1. The highest BCUT2D eigenvalue weighted by atomic mass is 32.2. The number of nitrogens with one attached hydrogen (secondary N) is 1. The summed E-state index contributed by atoms with van der Waals surface area (Å²) >= 11 is 0. The smallest absolute Gasteiger partial charge is 0.258 e. The third kappa shape index (κ3) is 2.96. The standard InChI is InChI=1S/C12H15FN2O4S/c1-2-12(5-6-12)8-14-20(18,19)9-3-4-11(15(16)17)10(13)7-9/h3-4,7,14H,2,5-6,8H2,1H3. The molecule has 1 saturated carbocycles. The van der Waals surface area contributed by atoms with E-state index in [0.717, 1.165) is 31.4 Å². The van der Waals surface area contributed by atoms with Gasteiger partial charge in [-0.3, -0.25) is 10.1 Å². The molecule has 1 aromatic rings. The summed E-state index contributed by atoms with van der Waals surface area (Å²) in [6.45, 7) is 2.30. The molecule has 0 aliphatic heterocycles. The van der Waals surface area contributed by atoms with Crippen LogP contribution in [0.5, 0.6) is 0 Å². The van der Waals surface area contributed by atoms with Gasteiger partial charge in [0, 0.05) is 18.7 Å². The number of halogens is 1. The molecule has 0 bridgehead atoms. The average Bonchev–Trinajstić information content (AvgIpc) is 3.16. The van der Waals surface area contributed by atoms with Gasteiger partial charge >= 0.3 is 5.69 Å². The highest BCUT2D eigenvalue weighted by Gasteiger charge is 2.41. The highest BCUT2D eigenvalue weighted by Crippen LogP contribution is 2.48. The molecule has 2 rings (SSSR count). The second-order valence-corrected chi connectivity index (χ2v) is 6.82. The first kappa shape index (κ1) is 14.9. The number of nitro benzene ring substituents is 1.